The molecule has 0 amide bonds. The van der Waals surface area contributed by atoms with E-state index in [-0.39, 0.29) is 0 Å². The number of aryl methyl sites for hydroxylation is 2. The number of benzene rings is 1. The molecule has 0 fully saturated rings. The van der Waals surface area contributed by atoms with E-state index in [0.29, 0.717) is 6.04 Å². The van der Waals surface area contributed by atoms with Crippen LogP contribution < -0.4 is 5.32 Å². The maximum absolute atomic E-state index is 3.65. The lowest BCUT2D eigenvalue weighted by molar-refractivity contribution is 0.495. The number of hydrogen-bond donors (Lipinski definition) is 1. The first kappa shape index (κ1) is 17.6. The molecule has 0 aliphatic rings. The topological polar surface area (TPSA) is 12.0 Å². The molecule has 0 bridgehead atoms. The molecule has 20 heavy (non-hydrogen) atoms. The van der Waals surface area contributed by atoms with Crippen LogP contribution in [0.2, 0.25) is 0 Å². The number of thioether (sulfide) groups is 1. The van der Waals surface area contributed by atoms with Crippen molar-refractivity contribution in [2.75, 3.05) is 18.6 Å². The highest BCUT2D eigenvalue weighted by molar-refractivity contribution is 7.98. The zero-order valence-electron chi connectivity index (χ0n) is 13.5. The molecule has 1 N–H and O–H groups in total. The van der Waals surface area contributed by atoms with Crippen LogP contribution in [0.3, 0.4) is 0 Å². The van der Waals surface area contributed by atoms with Crippen LogP contribution in [0.25, 0.3) is 0 Å². The minimum absolute atomic E-state index is 0.627. The summed E-state index contributed by atoms with van der Waals surface area (Å²) in [5.74, 6) is 1.32. The second-order valence-electron chi connectivity index (χ2n) is 5.79. The van der Waals surface area contributed by atoms with Gasteiger partial charge in [-0.3, -0.25) is 0 Å². The van der Waals surface area contributed by atoms with Crippen LogP contribution in [0, 0.1) is 6.92 Å². The molecule has 2 heteroatoms. The van der Waals surface area contributed by atoms with Gasteiger partial charge in [0.2, 0.25) is 0 Å². The summed E-state index contributed by atoms with van der Waals surface area (Å²) in [4.78, 5) is 0. The average molecular weight is 294 g/mol. The van der Waals surface area contributed by atoms with Crippen molar-refractivity contribution < 1.29 is 0 Å². The van der Waals surface area contributed by atoms with Gasteiger partial charge in [0, 0.05) is 6.04 Å². The Labute approximate surface area is 129 Å². The van der Waals surface area contributed by atoms with Crippen molar-refractivity contribution in [3.63, 3.8) is 0 Å². The Bertz CT molecular complexity index is 351. The summed E-state index contributed by atoms with van der Waals surface area (Å²) in [5, 5.41) is 3.65. The number of unbranched alkanes of at least 4 members (excludes halogenated alkanes) is 3. The van der Waals surface area contributed by atoms with Gasteiger partial charge in [-0.25, -0.2) is 0 Å². The van der Waals surface area contributed by atoms with Crippen LogP contribution in [0.4, 0.5) is 0 Å². The Kier molecular flexibility index (Phi) is 9.86. The van der Waals surface area contributed by atoms with Gasteiger partial charge in [-0.15, -0.1) is 0 Å². The van der Waals surface area contributed by atoms with Gasteiger partial charge in [0.1, 0.15) is 0 Å². The fourth-order valence-corrected chi connectivity index (χ4v) is 2.92. The first-order valence-corrected chi connectivity index (χ1v) is 9.39. The van der Waals surface area contributed by atoms with Crippen molar-refractivity contribution >= 4 is 11.8 Å². The number of hydrogen-bond acceptors (Lipinski definition) is 2. The van der Waals surface area contributed by atoms with Crippen LogP contribution in [0.5, 0.6) is 0 Å². The van der Waals surface area contributed by atoms with Crippen molar-refractivity contribution in [2.45, 2.75) is 58.4 Å². The van der Waals surface area contributed by atoms with Crippen molar-refractivity contribution in [2.24, 2.45) is 0 Å². The van der Waals surface area contributed by atoms with E-state index in [1.165, 1.54) is 61.9 Å². The quantitative estimate of drug-likeness (QED) is 0.587. The highest BCUT2D eigenvalue weighted by Gasteiger charge is 2.02. The van der Waals surface area contributed by atoms with Gasteiger partial charge in [-0.2, -0.15) is 11.8 Å². The predicted octanol–water partition coefficient (Wildman–Crippen LogP) is 4.83. The molecule has 1 atom stereocenters. The van der Waals surface area contributed by atoms with E-state index in [0.717, 1.165) is 0 Å². The van der Waals surface area contributed by atoms with Crippen molar-refractivity contribution in [1.29, 1.82) is 0 Å². The summed E-state index contributed by atoms with van der Waals surface area (Å²) in [6.45, 7) is 5.65. The summed E-state index contributed by atoms with van der Waals surface area (Å²) >= 11 is 1.96. The number of nitrogens with one attached hydrogen (secondary N) is 1. The fraction of sp³-hybridized carbons (Fsp3) is 0.667. The van der Waals surface area contributed by atoms with Gasteiger partial charge in [-0.05, 0) is 63.6 Å². The molecule has 0 spiro atoms. The summed E-state index contributed by atoms with van der Waals surface area (Å²) in [7, 11) is 0. The maximum Gasteiger partial charge on any atom is 0.00418 e. The lowest BCUT2D eigenvalue weighted by atomic mass is 10.0. The molecule has 0 saturated carbocycles. The predicted molar refractivity (Wildman–Crippen MR) is 93.8 cm³/mol. The molecule has 1 aromatic rings. The highest BCUT2D eigenvalue weighted by Crippen LogP contribution is 2.08. The lowest BCUT2D eigenvalue weighted by Crippen LogP contribution is -2.27. The van der Waals surface area contributed by atoms with E-state index in [9.17, 15) is 0 Å². The molecular weight excluding hydrogens is 262 g/mol. The van der Waals surface area contributed by atoms with Gasteiger partial charge < -0.3 is 5.32 Å². The second kappa shape index (κ2) is 11.2. The summed E-state index contributed by atoms with van der Waals surface area (Å²) in [6.07, 6.45) is 10.1. The molecule has 0 aliphatic carbocycles. The van der Waals surface area contributed by atoms with Crippen molar-refractivity contribution in [3.05, 3.63) is 35.4 Å². The van der Waals surface area contributed by atoms with Crippen LogP contribution in [-0.4, -0.2) is 24.6 Å². The molecule has 1 nitrogen and oxygen atoms in total. The molecule has 114 valence electrons. The first-order chi connectivity index (χ1) is 9.72. The van der Waals surface area contributed by atoms with Crippen LogP contribution in [-0.2, 0) is 6.42 Å². The highest BCUT2D eigenvalue weighted by atomic mass is 32.2. The minimum atomic E-state index is 0.627. The Morgan fingerprint density at radius 3 is 2.70 bits per heavy atom. The van der Waals surface area contributed by atoms with Crippen LogP contribution >= 0.6 is 11.8 Å². The normalized spacial score (nSPS) is 12.6. The van der Waals surface area contributed by atoms with E-state index in [4.69, 9.17) is 0 Å². The molecule has 1 unspecified atom stereocenters. The fourth-order valence-electron chi connectivity index (χ4n) is 2.43. The lowest BCUT2D eigenvalue weighted by Gasteiger charge is -2.14. The molecular formula is C18H31NS. The second-order valence-corrected chi connectivity index (χ2v) is 6.78. The Hall–Kier alpha value is -0.470. The summed E-state index contributed by atoms with van der Waals surface area (Å²) in [5.41, 5.74) is 2.84. The molecule has 1 rings (SSSR count). The number of rotatable bonds is 11. The van der Waals surface area contributed by atoms with Crippen LogP contribution in [0.15, 0.2) is 24.3 Å². The van der Waals surface area contributed by atoms with E-state index >= 15 is 0 Å². The third kappa shape index (κ3) is 8.65. The Morgan fingerprint density at radius 1 is 1.15 bits per heavy atom. The van der Waals surface area contributed by atoms with Gasteiger partial charge >= 0.3 is 0 Å². The summed E-state index contributed by atoms with van der Waals surface area (Å²) in [6, 6.07) is 9.51. The van der Waals surface area contributed by atoms with Gasteiger partial charge in [-0.1, -0.05) is 42.7 Å². The molecule has 0 radical (unpaired) electrons. The third-order valence-corrected chi connectivity index (χ3v) is 4.41. The zero-order chi connectivity index (χ0) is 14.6. The smallest absolute Gasteiger partial charge is 0.00418 e. The average Bonchev–Trinajstić information content (AvgIpc) is 2.44. The van der Waals surface area contributed by atoms with E-state index in [2.05, 4.69) is 49.7 Å². The molecule has 0 saturated heterocycles. The van der Waals surface area contributed by atoms with E-state index < -0.39 is 0 Å². The van der Waals surface area contributed by atoms with Gasteiger partial charge in [0.05, 0.1) is 0 Å². The minimum Gasteiger partial charge on any atom is -0.314 e. The van der Waals surface area contributed by atoms with Gasteiger partial charge in [0.15, 0.2) is 0 Å². The SMILES string of the molecule is CSCCCCCCNC(C)CCc1cccc(C)c1. The standard InChI is InChI=1S/C18H31NS/c1-16-9-8-10-18(15-16)12-11-17(2)19-13-6-4-5-7-14-20-3/h8-10,15,17,19H,4-7,11-14H2,1-3H3. The molecule has 1 aromatic carbocycles. The monoisotopic (exact) mass is 293 g/mol. The van der Waals surface area contributed by atoms with Crippen molar-refractivity contribution in [3.8, 4) is 0 Å². The Morgan fingerprint density at radius 2 is 1.95 bits per heavy atom. The zero-order valence-corrected chi connectivity index (χ0v) is 14.3. The largest absolute Gasteiger partial charge is 0.314 e. The molecule has 0 aliphatic heterocycles. The summed E-state index contributed by atoms with van der Waals surface area (Å²) < 4.78 is 0. The molecule has 0 aromatic heterocycles. The van der Waals surface area contributed by atoms with Gasteiger partial charge in [0.25, 0.3) is 0 Å². The third-order valence-electron chi connectivity index (χ3n) is 3.72. The maximum atomic E-state index is 3.65. The first-order valence-electron chi connectivity index (χ1n) is 8.00. The van der Waals surface area contributed by atoms with E-state index in [1.807, 2.05) is 11.8 Å². The Balaban J connectivity index is 2.01. The van der Waals surface area contributed by atoms with Crippen molar-refractivity contribution in [1.82, 2.24) is 5.32 Å². The van der Waals surface area contributed by atoms with E-state index in [1.54, 1.807) is 0 Å². The van der Waals surface area contributed by atoms with Crippen LogP contribution in [0.1, 0.15) is 50.2 Å². The molecule has 0 heterocycles.